The first-order valence-electron chi connectivity index (χ1n) is 10.2. The largest absolute Gasteiger partial charge is 0.320 e. The Morgan fingerprint density at radius 2 is 1.81 bits per heavy atom. The third-order valence-electron chi connectivity index (χ3n) is 5.03. The number of anilines is 1. The first-order chi connectivity index (χ1) is 15.2. The summed E-state index contributed by atoms with van der Waals surface area (Å²) in [5.74, 6) is -0.436. The monoisotopic (exact) mass is 494 g/mol. The van der Waals surface area contributed by atoms with Crippen LogP contribution in [0.1, 0.15) is 36.8 Å². The van der Waals surface area contributed by atoms with Gasteiger partial charge in [-0.3, -0.25) is 4.79 Å². The number of rotatable bonds is 8. The van der Waals surface area contributed by atoms with Crippen LogP contribution >= 0.6 is 23.2 Å². The Kier molecular flexibility index (Phi) is 7.61. The van der Waals surface area contributed by atoms with Gasteiger partial charge in [-0.15, -0.1) is 0 Å². The van der Waals surface area contributed by atoms with Gasteiger partial charge in [0, 0.05) is 18.1 Å². The second-order valence-electron chi connectivity index (χ2n) is 6.94. The molecule has 0 spiro atoms. The van der Waals surface area contributed by atoms with Crippen molar-refractivity contribution in [2.24, 2.45) is 0 Å². The van der Waals surface area contributed by atoms with Crippen molar-refractivity contribution in [2.45, 2.75) is 32.1 Å². The lowest BCUT2D eigenvalue weighted by Crippen LogP contribution is -2.30. The molecule has 3 rings (SSSR count). The Bertz CT molecular complexity index is 1240. The van der Waals surface area contributed by atoms with Crippen molar-refractivity contribution in [1.29, 1.82) is 0 Å². The van der Waals surface area contributed by atoms with E-state index < -0.39 is 15.9 Å². The molecular weight excluding hydrogens is 471 g/mol. The van der Waals surface area contributed by atoms with Crippen LogP contribution in [0.5, 0.6) is 0 Å². The van der Waals surface area contributed by atoms with Gasteiger partial charge in [0.15, 0.2) is 0 Å². The van der Waals surface area contributed by atoms with Gasteiger partial charge in [0.05, 0.1) is 38.7 Å². The molecule has 1 aromatic heterocycles. The number of benzene rings is 2. The topological polar surface area (TPSA) is 84.3 Å². The van der Waals surface area contributed by atoms with Gasteiger partial charge in [-0.25, -0.2) is 13.1 Å². The summed E-state index contributed by atoms with van der Waals surface area (Å²) in [6.45, 7) is 6.13. The highest BCUT2D eigenvalue weighted by Gasteiger charge is 2.24. The molecule has 7 nitrogen and oxygen atoms in total. The molecule has 0 radical (unpaired) electrons. The highest BCUT2D eigenvalue weighted by Crippen LogP contribution is 2.28. The van der Waals surface area contributed by atoms with E-state index in [-0.39, 0.29) is 15.6 Å². The Morgan fingerprint density at radius 3 is 2.44 bits per heavy atom. The molecule has 0 aliphatic carbocycles. The van der Waals surface area contributed by atoms with Crippen LogP contribution in [0.3, 0.4) is 0 Å². The van der Waals surface area contributed by atoms with Crippen LogP contribution in [0, 0.1) is 0 Å². The molecule has 0 aliphatic heterocycles. The minimum absolute atomic E-state index is 0.0613. The second-order valence-corrected chi connectivity index (χ2v) is 9.72. The summed E-state index contributed by atoms with van der Waals surface area (Å²) in [4.78, 5) is 13.1. The zero-order valence-corrected chi connectivity index (χ0v) is 20.3. The fourth-order valence-electron chi connectivity index (χ4n) is 3.40. The highest BCUT2D eigenvalue weighted by molar-refractivity contribution is 7.89. The number of nitrogens with zero attached hydrogens (tertiary/aromatic N) is 3. The molecule has 0 fully saturated rings. The molecule has 1 amide bonds. The SMILES string of the molecule is CCc1c(C(=O)Nc2cc(S(=O)(=O)N(CC)CC)ccc2Cl)cnn1-c1cccc(Cl)c1. The minimum atomic E-state index is -3.70. The fraction of sp³-hybridized carbons (Fsp3) is 0.273. The van der Waals surface area contributed by atoms with Crippen molar-refractivity contribution in [1.82, 2.24) is 14.1 Å². The molecular formula is C22H24Cl2N4O3S. The molecule has 170 valence electrons. The third kappa shape index (κ3) is 4.83. The number of nitrogens with one attached hydrogen (secondary N) is 1. The van der Waals surface area contributed by atoms with Crippen LogP contribution in [0.15, 0.2) is 53.6 Å². The second kappa shape index (κ2) is 10.0. The van der Waals surface area contributed by atoms with Crippen LogP contribution in [-0.4, -0.2) is 41.5 Å². The first-order valence-corrected chi connectivity index (χ1v) is 12.4. The zero-order valence-electron chi connectivity index (χ0n) is 18.0. The maximum atomic E-state index is 13.1. The van der Waals surface area contributed by atoms with Crippen molar-refractivity contribution < 1.29 is 13.2 Å². The van der Waals surface area contributed by atoms with E-state index >= 15 is 0 Å². The molecule has 0 atom stereocenters. The summed E-state index contributed by atoms with van der Waals surface area (Å²) in [5, 5.41) is 7.87. The first kappa shape index (κ1) is 24.3. The summed E-state index contributed by atoms with van der Waals surface area (Å²) in [6.07, 6.45) is 2.01. The van der Waals surface area contributed by atoms with Crippen molar-refractivity contribution in [3.63, 3.8) is 0 Å². The number of hydrogen-bond acceptors (Lipinski definition) is 4. The average molecular weight is 495 g/mol. The van der Waals surface area contributed by atoms with E-state index in [9.17, 15) is 13.2 Å². The molecule has 0 saturated heterocycles. The van der Waals surface area contributed by atoms with Gasteiger partial charge < -0.3 is 5.32 Å². The van der Waals surface area contributed by atoms with E-state index in [1.165, 1.54) is 28.7 Å². The Balaban J connectivity index is 1.95. The lowest BCUT2D eigenvalue weighted by Gasteiger charge is -2.19. The van der Waals surface area contributed by atoms with Crippen molar-refractivity contribution >= 4 is 44.8 Å². The van der Waals surface area contributed by atoms with Gasteiger partial charge in [-0.2, -0.15) is 9.40 Å². The third-order valence-corrected chi connectivity index (χ3v) is 7.64. The predicted octanol–water partition coefficient (Wildman–Crippen LogP) is 5.02. The molecule has 3 aromatic rings. The van der Waals surface area contributed by atoms with Gasteiger partial charge in [-0.05, 0) is 42.8 Å². The normalized spacial score (nSPS) is 11.7. The Hall–Kier alpha value is -2.39. The molecule has 1 heterocycles. The number of hydrogen-bond donors (Lipinski definition) is 1. The molecule has 0 bridgehead atoms. The van der Waals surface area contributed by atoms with Gasteiger partial charge >= 0.3 is 0 Å². The smallest absolute Gasteiger partial charge is 0.259 e. The number of sulfonamides is 1. The Labute approximate surface area is 198 Å². The maximum Gasteiger partial charge on any atom is 0.259 e. The average Bonchev–Trinajstić information content (AvgIpc) is 3.20. The minimum Gasteiger partial charge on any atom is -0.320 e. The molecule has 10 heteroatoms. The summed E-state index contributed by atoms with van der Waals surface area (Å²) >= 11 is 12.4. The molecule has 1 N–H and O–H groups in total. The summed E-state index contributed by atoms with van der Waals surface area (Å²) < 4.78 is 28.7. The summed E-state index contributed by atoms with van der Waals surface area (Å²) in [5.41, 5.74) is 1.99. The van der Waals surface area contributed by atoms with Crippen molar-refractivity contribution in [3.8, 4) is 5.69 Å². The van der Waals surface area contributed by atoms with E-state index in [1.54, 1.807) is 36.7 Å². The van der Waals surface area contributed by atoms with Crippen LogP contribution in [-0.2, 0) is 16.4 Å². The quantitative estimate of drug-likeness (QED) is 0.476. The van der Waals surface area contributed by atoms with Crippen LogP contribution in [0.25, 0.3) is 5.69 Å². The van der Waals surface area contributed by atoms with E-state index in [2.05, 4.69) is 10.4 Å². The molecule has 32 heavy (non-hydrogen) atoms. The van der Waals surface area contributed by atoms with Crippen molar-refractivity contribution in [2.75, 3.05) is 18.4 Å². The van der Waals surface area contributed by atoms with Gasteiger partial charge in [0.2, 0.25) is 10.0 Å². The number of halogens is 2. The Morgan fingerprint density at radius 1 is 1.09 bits per heavy atom. The van der Waals surface area contributed by atoms with Crippen LogP contribution in [0.4, 0.5) is 5.69 Å². The number of carbonyl (C=O) groups excluding carboxylic acids is 1. The van der Waals surface area contributed by atoms with E-state index in [0.717, 1.165) is 5.69 Å². The fourth-order valence-corrected chi connectivity index (χ4v) is 5.23. The number of aromatic nitrogens is 2. The van der Waals surface area contributed by atoms with E-state index in [4.69, 9.17) is 23.2 Å². The lowest BCUT2D eigenvalue weighted by molar-refractivity contribution is 0.102. The predicted molar refractivity (Wildman–Crippen MR) is 127 cm³/mol. The molecule has 0 saturated carbocycles. The molecule has 0 unspecified atom stereocenters. The number of carbonyl (C=O) groups is 1. The van der Waals surface area contributed by atoms with Gasteiger partial charge in [-0.1, -0.05) is 50.0 Å². The molecule has 0 aliphatic rings. The summed E-state index contributed by atoms with van der Waals surface area (Å²) in [6, 6.07) is 11.4. The number of amides is 1. The maximum absolute atomic E-state index is 13.1. The lowest BCUT2D eigenvalue weighted by atomic mass is 10.2. The molecule has 2 aromatic carbocycles. The van der Waals surface area contributed by atoms with Gasteiger partial charge in [0.1, 0.15) is 0 Å². The summed E-state index contributed by atoms with van der Waals surface area (Å²) in [7, 11) is -3.70. The van der Waals surface area contributed by atoms with E-state index in [0.29, 0.717) is 35.8 Å². The zero-order chi connectivity index (χ0) is 23.5. The van der Waals surface area contributed by atoms with Crippen molar-refractivity contribution in [3.05, 3.63) is 70.0 Å². The highest BCUT2D eigenvalue weighted by atomic mass is 35.5. The van der Waals surface area contributed by atoms with E-state index in [1.807, 2.05) is 13.0 Å². The van der Waals surface area contributed by atoms with Crippen LogP contribution < -0.4 is 5.32 Å². The van der Waals surface area contributed by atoms with Crippen LogP contribution in [0.2, 0.25) is 10.0 Å². The van der Waals surface area contributed by atoms with Gasteiger partial charge in [0.25, 0.3) is 5.91 Å². The standard InChI is InChI=1S/C22H24Cl2N4O3S/c1-4-21-18(14-25-28(21)16-9-7-8-15(23)12-16)22(29)26-20-13-17(10-11-19(20)24)32(30,31)27(5-2)6-3/h7-14H,4-6H2,1-3H3,(H,26,29).